The van der Waals surface area contributed by atoms with Gasteiger partial charge in [-0.25, -0.2) is 4.98 Å². The van der Waals surface area contributed by atoms with Crippen LogP contribution in [0.25, 0.3) is 10.2 Å². The maximum atomic E-state index is 12.1. The van der Waals surface area contributed by atoms with E-state index in [2.05, 4.69) is 4.98 Å². The van der Waals surface area contributed by atoms with Gasteiger partial charge in [-0.05, 0) is 55.8 Å². The number of unbranched alkanes of at least 4 members (excludes halogenated alkanes) is 1. The Bertz CT molecular complexity index is 631. The summed E-state index contributed by atoms with van der Waals surface area (Å²) in [6.07, 6.45) is 6.91. The average molecular weight is 308 g/mol. The molecule has 0 aromatic carbocycles. The van der Waals surface area contributed by atoms with Crippen molar-refractivity contribution in [1.29, 1.82) is 0 Å². The third-order valence-electron chi connectivity index (χ3n) is 3.62. The first-order chi connectivity index (χ1) is 10.3. The van der Waals surface area contributed by atoms with E-state index in [0.717, 1.165) is 43.7 Å². The number of hydrogen-bond donors (Lipinski definition) is 0. The lowest BCUT2D eigenvalue weighted by Gasteiger charge is -2.22. The molecule has 0 amide bonds. The van der Waals surface area contributed by atoms with E-state index >= 15 is 0 Å². The molecule has 1 fully saturated rings. The summed E-state index contributed by atoms with van der Waals surface area (Å²) in [6.45, 7) is 2.24. The largest absolute Gasteiger partial charge is 0.353 e. The van der Waals surface area contributed by atoms with Crippen LogP contribution in [0.15, 0.2) is 23.1 Å². The van der Waals surface area contributed by atoms with Gasteiger partial charge in [-0.2, -0.15) is 0 Å². The smallest absolute Gasteiger partial charge is 0.270 e. The Kier molecular flexibility index (Phi) is 5.00. The van der Waals surface area contributed by atoms with E-state index in [1.54, 1.807) is 16.2 Å². The fraction of sp³-hybridized carbons (Fsp3) is 0.600. The SMILES string of the molecule is O=c1c2cccnc2sn1CCCCOC1CCCCO1. The lowest BCUT2D eigenvalue weighted by atomic mass is 10.2. The summed E-state index contributed by atoms with van der Waals surface area (Å²) in [6, 6.07) is 3.64. The van der Waals surface area contributed by atoms with Crippen LogP contribution in [-0.2, 0) is 16.0 Å². The van der Waals surface area contributed by atoms with Gasteiger partial charge in [-0.15, -0.1) is 0 Å². The molecule has 1 saturated heterocycles. The molecule has 3 rings (SSSR count). The zero-order chi connectivity index (χ0) is 14.5. The number of nitrogens with zero attached hydrogens (tertiary/aromatic N) is 2. The number of pyridine rings is 1. The molecule has 0 aliphatic carbocycles. The van der Waals surface area contributed by atoms with Crippen molar-refractivity contribution < 1.29 is 9.47 Å². The highest BCUT2D eigenvalue weighted by Gasteiger charge is 2.13. The molecule has 0 bridgehead atoms. The first-order valence-electron chi connectivity index (χ1n) is 7.52. The summed E-state index contributed by atoms with van der Waals surface area (Å²) in [4.78, 5) is 17.2. The third kappa shape index (κ3) is 3.70. The monoisotopic (exact) mass is 308 g/mol. The van der Waals surface area contributed by atoms with E-state index in [1.165, 1.54) is 18.0 Å². The van der Waals surface area contributed by atoms with Crippen LogP contribution in [0.5, 0.6) is 0 Å². The standard InChI is InChI=1S/C15H20N2O3S/c18-15-12-6-5-8-16-14(12)21-17(15)9-2-4-11-20-13-7-1-3-10-19-13/h5-6,8,13H,1-4,7,9-11H2. The predicted octanol–water partition coefficient (Wildman–Crippen LogP) is 2.78. The molecule has 0 radical (unpaired) electrons. The van der Waals surface area contributed by atoms with Crippen LogP contribution >= 0.6 is 11.5 Å². The van der Waals surface area contributed by atoms with Crippen molar-refractivity contribution in [3.63, 3.8) is 0 Å². The Morgan fingerprint density at radius 2 is 2.38 bits per heavy atom. The maximum Gasteiger partial charge on any atom is 0.270 e. The van der Waals surface area contributed by atoms with Crippen LogP contribution in [0, 0.1) is 0 Å². The highest BCUT2D eigenvalue weighted by atomic mass is 32.1. The summed E-state index contributed by atoms with van der Waals surface area (Å²) in [5, 5.41) is 0.717. The van der Waals surface area contributed by atoms with Crippen molar-refractivity contribution in [2.45, 2.75) is 44.9 Å². The summed E-state index contributed by atoms with van der Waals surface area (Å²) >= 11 is 1.44. The molecule has 1 atom stereocenters. The number of ether oxygens (including phenoxy) is 2. The van der Waals surface area contributed by atoms with Crippen LogP contribution in [0.2, 0.25) is 0 Å². The number of rotatable bonds is 6. The van der Waals surface area contributed by atoms with Crippen LogP contribution in [0.4, 0.5) is 0 Å². The fourth-order valence-corrected chi connectivity index (χ4v) is 3.44. The van der Waals surface area contributed by atoms with Crippen molar-refractivity contribution in [2.75, 3.05) is 13.2 Å². The van der Waals surface area contributed by atoms with Crippen molar-refractivity contribution in [1.82, 2.24) is 8.94 Å². The molecule has 114 valence electrons. The van der Waals surface area contributed by atoms with Crippen molar-refractivity contribution in [3.05, 3.63) is 28.7 Å². The van der Waals surface area contributed by atoms with Gasteiger partial charge in [0.15, 0.2) is 6.29 Å². The van der Waals surface area contributed by atoms with Crippen LogP contribution in [-0.4, -0.2) is 28.4 Å². The maximum absolute atomic E-state index is 12.1. The molecular formula is C15H20N2O3S. The average Bonchev–Trinajstić information content (AvgIpc) is 2.85. The second kappa shape index (κ2) is 7.15. The van der Waals surface area contributed by atoms with Gasteiger partial charge in [-0.1, -0.05) is 0 Å². The number of aromatic nitrogens is 2. The second-order valence-corrected chi connectivity index (χ2v) is 6.24. The minimum absolute atomic E-state index is 0.0185. The van der Waals surface area contributed by atoms with E-state index in [-0.39, 0.29) is 11.8 Å². The summed E-state index contributed by atoms with van der Waals surface area (Å²) < 4.78 is 13.0. The summed E-state index contributed by atoms with van der Waals surface area (Å²) in [7, 11) is 0. The van der Waals surface area contributed by atoms with Crippen molar-refractivity contribution in [3.8, 4) is 0 Å². The van der Waals surface area contributed by atoms with E-state index in [4.69, 9.17) is 9.47 Å². The molecule has 1 aliphatic rings. The molecule has 3 heterocycles. The minimum Gasteiger partial charge on any atom is -0.353 e. The lowest BCUT2D eigenvalue weighted by molar-refractivity contribution is -0.162. The Balaban J connectivity index is 1.44. The van der Waals surface area contributed by atoms with Gasteiger partial charge >= 0.3 is 0 Å². The number of hydrogen-bond acceptors (Lipinski definition) is 5. The molecule has 21 heavy (non-hydrogen) atoms. The molecule has 2 aromatic rings. The Morgan fingerprint density at radius 3 is 3.19 bits per heavy atom. The molecule has 0 N–H and O–H groups in total. The highest BCUT2D eigenvalue weighted by molar-refractivity contribution is 7.13. The van der Waals surface area contributed by atoms with Crippen LogP contribution < -0.4 is 5.56 Å². The second-order valence-electron chi connectivity index (χ2n) is 5.23. The quantitative estimate of drug-likeness (QED) is 0.770. The van der Waals surface area contributed by atoms with Crippen molar-refractivity contribution >= 4 is 21.7 Å². The van der Waals surface area contributed by atoms with Gasteiger partial charge in [0, 0.05) is 26.0 Å². The molecular weight excluding hydrogens is 288 g/mol. The minimum atomic E-state index is -0.0185. The summed E-state index contributed by atoms with van der Waals surface area (Å²) in [5.41, 5.74) is 0.0691. The molecule has 5 nitrogen and oxygen atoms in total. The van der Waals surface area contributed by atoms with Gasteiger partial charge in [0.1, 0.15) is 4.83 Å². The zero-order valence-electron chi connectivity index (χ0n) is 12.0. The fourth-order valence-electron chi connectivity index (χ4n) is 2.47. The predicted molar refractivity (Wildman–Crippen MR) is 82.7 cm³/mol. The molecule has 1 aliphatic heterocycles. The summed E-state index contributed by atoms with van der Waals surface area (Å²) in [5.74, 6) is 0. The van der Waals surface area contributed by atoms with Gasteiger partial charge in [-0.3, -0.25) is 8.75 Å². The number of aryl methyl sites for hydroxylation is 1. The molecule has 6 heteroatoms. The van der Waals surface area contributed by atoms with Crippen LogP contribution in [0.1, 0.15) is 32.1 Å². The first-order valence-corrected chi connectivity index (χ1v) is 8.30. The molecule has 2 aromatic heterocycles. The van der Waals surface area contributed by atoms with Gasteiger partial charge in [0.25, 0.3) is 5.56 Å². The topological polar surface area (TPSA) is 53.4 Å². The van der Waals surface area contributed by atoms with Crippen LogP contribution in [0.3, 0.4) is 0 Å². The van der Waals surface area contributed by atoms with E-state index in [0.29, 0.717) is 12.0 Å². The normalized spacial score (nSPS) is 19.1. The van der Waals surface area contributed by atoms with E-state index < -0.39 is 0 Å². The van der Waals surface area contributed by atoms with E-state index in [9.17, 15) is 4.79 Å². The highest BCUT2D eigenvalue weighted by Crippen LogP contribution is 2.15. The van der Waals surface area contributed by atoms with Crippen molar-refractivity contribution in [2.24, 2.45) is 0 Å². The first kappa shape index (κ1) is 14.7. The third-order valence-corrected chi connectivity index (χ3v) is 4.69. The molecule has 0 saturated carbocycles. The van der Waals surface area contributed by atoms with E-state index in [1.807, 2.05) is 6.07 Å². The Morgan fingerprint density at radius 1 is 1.43 bits per heavy atom. The van der Waals surface area contributed by atoms with Gasteiger partial charge in [0.05, 0.1) is 5.39 Å². The molecule has 1 unspecified atom stereocenters. The lowest BCUT2D eigenvalue weighted by Crippen LogP contribution is -2.22. The zero-order valence-corrected chi connectivity index (χ0v) is 12.8. The van der Waals surface area contributed by atoms with Gasteiger partial charge < -0.3 is 9.47 Å². The number of fused-ring (bicyclic) bond motifs is 1. The Hall–Kier alpha value is -1.24. The molecule has 0 spiro atoms. The Labute approximate surface area is 127 Å². The van der Waals surface area contributed by atoms with Gasteiger partial charge in [0.2, 0.25) is 0 Å².